The number of hydrogen-bond acceptors (Lipinski definition) is 8. The summed E-state index contributed by atoms with van der Waals surface area (Å²) in [5.74, 6) is 0. The molecule has 0 bridgehead atoms. The molecule has 0 saturated carbocycles. The van der Waals surface area contributed by atoms with Crippen molar-refractivity contribution in [3.05, 3.63) is 0 Å². The number of hydrogen-bond donors (Lipinski definition) is 0. The van der Waals surface area contributed by atoms with Crippen molar-refractivity contribution in [2.75, 3.05) is 0 Å². The molecule has 79 valence electrons. The van der Waals surface area contributed by atoms with Crippen LogP contribution in [-0.2, 0) is 16.8 Å². The summed E-state index contributed by atoms with van der Waals surface area (Å²) in [6, 6.07) is 0. The van der Waals surface area contributed by atoms with Gasteiger partial charge in [0.15, 0.2) is 0 Å². The van der Waals surface area contributed by atoms with E-state index in [0.717, 1.165) is 0 Å². The Labute approximate surface area is 80.5 Å². The van der Waals surface area contributed by atoms with E-state index in [-0.39, 0.29) is 22.3 Å². The molecule has 12 heavy (non-hydrogen) atoms. The van der Waals surface area contributed by atoms with Crippen LogP contribution in [0.4, 0.5) is 0 Å². The van der Waals surface area contributed by atoms with Gasteiger partial charge in [0.2, 0.25) is 0 Å². The molecule has 0 spiro atoms. The molecular formula is H2Cl2CoO9. The van der Waals surface area contributed by atoms with Crippen LogP contribution in [0.1, 0.15) is 0 Å². The Hall–Kier alpha value is 0.726. The molecule has 2 N–H and O–H groups in total. The maximum absolute atomic E-state index is 8.49. The van der Waals surface area contributed by atoms with E-state index in [1.54, 1.807) is 0 Å². The molecule has 0 atom stereocenters. The molecule has 12 heteroatoms. The molecule has 0 aliphatic carbocycles. The normalized spacial score (nSPS) is 10.0. The molecule has 0 amide bonds. The minimum atomic E-state index is -4.94. The van der Waals surface area contributed by atoms with Gasteiger partial charge in [0, 0.05) is 0 Å². The zero-order chi connectivity index (χ0) is 9.00. The first-order valence-corrected chi connectivity index (χ1v) is 3.70. The average molecular weight is 276 g/mol. The summed E-state index contributed by atoms with van der Waals surface area (Å²) in [6.45, 7) is 0. The molecule has 0 rings (SSSR count). The van der Waals surface area contributed by atoms with Crippen LogP contribution in [0.2, 0.25) is 0 Å². The molecule has 0 aliphatic rings. The van der Waals surface area contributed by atoms with Gasteiger partial charge in [-0.2, -0.15) is 0 Å². The second-order valence-corrected chi connectivity index (χ2v) is 2.27. The minimum absolute atomic E-state index is 0. The first kappa shape index (κ1) is 23.0. The second-order valence-electron chi connectivity index (χ2n) is 0.756. The summed E-state index contributed by atoms with van der Waals surface area (Å²) < 4.78 is 67.9. The molecule has 0 aromatic carbocycles. The van der Waals surface area contributed by atoms with Crippen LogP contribution in [0, 0.1) is 20.5 Å². The van der Waals surface area contributed by atoms with Crippen molar-refractivity contribution in [1.29, 1.82) is 0 Å². The smallest absolute Gasteiger partial charge is 0.412 e. The van der Waals surface area contributed by atoms with E-state index in [1.807, 2.05) is 0 Å². The van der Waals surface area contributed by atoms with Gasteiger partial charge in [0.05, 0.1) is 0 Å². The molecule has 0 aromatic heterocycles. The molecule has 0 aromatic rings. The third-order valence-corrected chi connectivity index (χ3v) is 0. The maximum Gasteiger partial charge on any atom is 2.00 e. The largest absolute Gasteiger partial charge is 2.00 e. The molecule has 0 saturated heterocycles. The van der Waals surface area contributed by atoms with Crippen molar-refractivity contribution < 1.29 is 80.0 Å². The van der Waals surface area contributed by atoms with Gasteiger partial charge < -0.3 is 5.48 Å². The molecule has 0 unspecified atom stereocenters. The Morgan fingerprint density at radius 1 is 0.500 bits per heavy atom. The summed E-state index contributed by atoms with van der Waals surface area (Å²) >= 11 is 0. The Morgan fingerprint density at radius 2 is 0.500 bits per heavy atom. The Kier molecular flexibility index (Phi) is 16.0. The van der Waals surface area contributed by atoms with Gasteiger partial charge in [-0.3, -0.25) is 0 Å². The van der Waals surface area contributed by atoms with E-state index in [0.29, 0.717) is 0 Å². The SMILES string of the molecule is O.[Co+2].[O-][Cl+3]([O-])([O-])[O-].[O-][Cl+3]([O-])([O-])[O-]. The van der Waals surface area contributed by atoms with Crippen molar-refractivity contribution in [1.82, 2.24) is 0 Å². The molecule has 9 nitrogen and oxygen atoms in total. The van der Waals surface area contributed by atoms with Gasteiger partial charge in [-0.05, 0) is 0 Å². The van der Waals surface area contributed by atoms with Crippen LogP contribution in [-0.4, -0.2) is 5.48 Å². The molecule has 0 heterocycles. The first-order chi connectivity index (χ1) is 4.00. The van der Waals surface area contributed by atoms with Crippen molar-refractivity contribution in [3.8, 4) is 0 Å². The summed E-state index contributed by atoms with van der Waals surface area (Å²) in [6.07, 6.45) is 0. The van der Waals surface area contributed by atoms with E-state index in [1.165, 1.54) is 0 Å². The number of rotatable bonds is 0. The van der Waals surface area contributed by atoms with Crippen LogP contribution in [0.3, 0.4) is 0 Å². The zero-order valence-electron chi connectivity index (χ0n) is 4.86. The van der Waals surface area contributed by atoms with Gasteiger partial charge in [-0.1, -0.05) is 0 Å². The van der Waals surface area contributed by atoms with Crippen LogP contribution < -0.4 is 37.3 Å². The topological polar surface area (TPSA) is 216 Å². The van der Waals surface area contributed by atoms with Crippen LogP contribution >= 0.6 is 0 Å². The van der Waals surface area contributed by atoms with Crippen LogP contribution in [0.25, 0.3) is 0 Å². The monoisotopic (exact) mass is 275 g/mol. The van der Waals surface area contributed by atoms with Crippen molar-refractivity contribution in [3.63, 3.8) is 0 Å². The molecule has 1 radical (unpaired) electrons. The third kappa shape index (κ3) is 1920. The zero-order valence-corrected chi connectivity index (χ0v) is 7.41. The summed E-state index contributed by atoms with van der Waals surface area (Å²) in [5.41, 5.74) is 0. The van der Waals surface area contributed by atoms with E-state index in [9.17, 15) is 0 Å². The van der Waals surface area contributed by atoms with Gasteiger partial charge >= 0.3 is 16.8 Å². The average Bonchev–Trinajstić information content (AvgIpc) is 1.12. The van der Waals surface area contributed by atoms with Crippen molar-refractivity contribution in [2.45, 2.75) is 0 Å². The van der Waals surface area contributed by atoms with E-state index in [2.05, 4.69) is 0 Å². The van der Waals surface area contributed by atoms with Crippen molar-refractivity contribution >= 4 is 0 Å². The predicted molar refractivity (Wildman–Crippen MR) is 3.61 cm³/mol. The summed E-state index contributed by atoms with van der Waals surface area (Å²) in [7, 11) is -9.89. The standard InChI is InChI=1S/2ClHO4.Co.H2O/c2*2-1(3,4)5;;/h2*(H,2,3,4,5);;1H2/q;;+2;/p-2. The van der Waals surface area contributed by atoms with Gasteiger partial charge in [0.25, 0.3) is 0 Å². The second kappa shape index (κ2) is 8.33. The third-order valence-electron chi connectivity index (χ3n) is 0. The van der Waals surface area contributed by atoms with E-state index >= 15 is 0 Å². The Morgan fingerprint density at radius 3 is 0.500 bits per heavy atom. The fraction of sp³-hybridized carbons (Fsp3) is 0. The van der Waals surface area contributed by atoms with Gasteiger partial charge in [-0.25, -0.2) is 37.3 Å². The summed E-state index contributed by atoms with van der Waals surface area (Å²) in [5, 5.41) is 0. The quantitative estimate of drug-likeness (QED) is 0.412. The molecule has 0 fully saturated rings. The van der Waals surface area contributed by atoms with Crippen LogP contribution in [0.5, 0.6) is 0 Å². The van der Waals surface area contributed by atoms with Gasteiger partial charge in [0.1, 0.15) is 0 Å². The van der Waals surface area contributed by atoms with E-state index < -0.39 is 20.5 Å². The first-order valence-electron chi connectivity index (χ1n) is 1.23. The Bertz CT molecular complexity index is 55.5. The van der Waals surface area contributed by atoms with E-state index in [4.69, 9.17) is 37.3 Å². The maximum atomic E-state index is 8.49. The fourth-order valence-electron chi connectivity index (χ4n) is 0. The summed E-state index contributed by atoms with van der Waals surface area (Å²) in [4.78, 5) is 0. The minimum Gasteiger partial charge on any atom is -0.412 e. The molecule has 0 aliphatic heterocycles. The Balaban J connectivity index is -0.0000000457. The van der Waals surface area contributed by atoms with Crippen molar-refractivity contribution in [2.24, 2.45) is 0 Å². The van der Waals surface area contributed by atoms with Gasteiger partial charge in [-0.15, -0.1) is 20.5 Å². The number of halogens is 2. The molecular weight excluding hydrogens is 274 g/mol. The van der Waals surface area contributed by atoms with Crippen LogP contribution in [0.15, 0.2) is 0 Å². The predicted octanol–water partition coefficient (Wildman–Crippen LogP) is -10.3. The fourth-order valence-corrected chi connectivity index (χ4v) is 0.